The molecule has 1 aliphatic carbocycles. The van der Waals surface area contributed by atoms with E-state index in [9.17, 15) is 4.79 Å². The van der Waals surface area contributed by atoms with Crippen molar-refractivity contribution in [2.24, 2.45) is 11.8 Å². The molecule has 1 saturated carbocycles. The monoisotopic (exact) mass is 542 g/mol. The molecule has 1 heterocycles. The summed E-state index contributed by atoms with van der Waals surface area (Å²) in [5, 5.41) is 0.395. The number of methoxy groups -OCH3 is 1. The van der Waals surface area contributed by atoms with Crippen molar-refractivity contribution in [2.45, 2.75) is 154 Å². The van der Waals surface area contributed by atoms with Gasteiger partial charge >= 0.3 is 5.97 Å². The molecule has 0 bridgehead atoms. The number of carbonyl (C=O) groups excluding carboxylic acids is 1. The van der Waals surface area contributed by atoms with Gasteiger partial charge in [-0.05, 0) is 80.2 Å². The lowest BCUT2D eigenvalue weighted by Gasteiger charge is -2.40. The summed E-state index contributed by atoms with van der Waals surface area (Å²) in [7, 11) is -2.31. The van der Waals surface area contributed by atoms with Gasteiger partial charge in [-0.25, -0.2) is 0 Å². The summed E-state index contributed by atoms with van der Waals surface area (Å²) in [6.45, 7) is 24.6. The van der Waals surface area contributed by atoms with Crippen molar-refractivity contribution < 1.29 is 23.1 Å². The number of hydrogen-bond acceptors (Lipinski definition) is 5. The fraction of sp³-hybridized carbons (Fsp3) is 0.966. The van der Waals surface area contributed by atoms with E-state index in [1.807, 2.05) is 0 Å². The van der Waals surface area contributed by atoms with Gasteiger partial charge in [-0.3, -0.25) is 4.79 Å². The van der Waals surface area contributed by atoms with Gasteiger partial charge in [-0.1, -0.05) is 60.8 Å². The molecule has 5 atom stereocenters. The third-order valence-corrected chi connectivity index (χ3v) is 18.6. The van der Waals surface area contributed by atoms with Crippen LogP contribution in [0.15, 0.2) is 0 Å². The number of carbonyl (C=O) groups is 1. The van der Waals surface area contributed by atoms with Crippen LogP contribution < -0.4 is 0 Å². The zero-order valence-corrected chi connectivity index (χ0v) is 27.5. The molecular formula is C29H58O5Si2. The number of esters is 1. The SMILES string of the molecule is COC(=O)CCCCCC[C@@H]1[C@@H](CCC2CO2)[C@H](O[Si](C)(C)C(C)(C)C)C[C@@H]1O[Si](C)(C)C(C)(C)C. The molecule has 0 aromatic carbocycles. The molecule has 1 saturated heterocycles. The van der Waals surface area contributed by atoms with Crippen LogP contribution in [0.2, 0.25) is 36.3 Å². The van der Waals surface area contributed by atoms with Crippen LogP contribution in [-0.4, -0.2) is 54.6 Å². The Labute approximate surface area is 225 Å². The molecule has 0 amide bonds. The van der Waals surface area contributed by atoms with Crippen molar-refractivity contribution in [3.05, 3.63) is 0 Å². The Morgan fingerprint density at radius 3 is 1.69 bits per heavy atom. The zero-order valence-electron chi connectivity index (χ0n) is 25.5. The Morgan fingerprint density at radius 1 is 0.778 bits per heavy atom. The van der Waals surface area contributed by atoms with E-state index in [0.29, 0.717) is 24.4 Å². The van der Waals surface area contributed by atoms with Gasteiger partial charge < -0.3 is 18.3 Å². The predicted octanol–water partition coefficient (Wildman–Crippen LogP) is 8.10. The van der Waals surface area contributed by atoms with Gasteiger partial charge in [0.2, 0.25) is 0 Å². The summed E-state index contributed by atoms with van der Waals surface area (Å²) in [6.07, 6.45) is 10.4. The fourth-order valence-corrected chi connectivity index (χ4v) is 7.79. The number of epoxide rings is 1. The lowest BCUT2D eigenvalue weighted by molar-refractivity contribution is -0.140. The van der Waals surface area contributed by atoms with Crippen LogP contribution >= 0.6 is 0 Å². The van der Waals surface area contributed by atoms with E-state index in [1.165, 1.54) is 26.4 Å². The number of unbranched alkanes of at least 4 members (excludes halogenated alkanes) is 3. The van der Waals surface area contributed by atoms with Gasteiger partial charge in [0.15, 0.2) is 16.6 Å². The highest BCUT2D eigenvalue weighted by molar-refractivity contribution is 6.74. The fourth-order valence-electron chi connectivity index (χ4n) is 5.03. The van der Waals surface area contributed by atoms with Crippen molar-refractivity contribution in [1.82, 2.24) is 0 Å². The molecule has 7 heteroatoms. The highest BCUT2D eigenvalue weighted by Crippen LogP contribution is 2.49. The number of rotatable bonds is 14. The Bertz CT molecular complexity index is 691. The molecule has 1 unspecified atom stereocenters. The second-order valence-electron chi connectivity index (χ2n) is 14.5. The molecule has 0 N–H and O–H groups in total. The summed E-state index contributed by atoms with van der Waals surface area (Å²) >= 11 is 0. The smallest absolute Gasteiger partial charge is 0.305 e. The van der Waals surface area contributed by atoms with E-state index in [2.05, 4.69) is 67.7 Å². The molecule has 212 valence electrons. The summed E-state index contributed by atoms with van der Waals surface area (Å²) in [4.78, 5) is 11.5. The van der Waals surface area contributed by atoms with Crippen molar-refractivity contribution in [1.29, 1.82) is 0 Å². The van der Waals surface area contributed by atoms with Gasteiger partial charge in [0, 0.05) is 6.42 Å². The van der Waals surface area contributed by atoms with Crippen LogP contribution in [0.25, 0.3) is 0 Å². The summed E-state index contributed by atoms with van der Waals surface area (Å²) < 4.78 is 24.7. The Morgan fingerprint density at radius 2 is 1.25 bits per heavy atom. The first-order valence-corrected chi connectivity index (χ1v) is 20.3. The van der Waals surface area contributed by atoms with Crippen LogP contribution in [-0.2, 0) is 23.1 Å². The standard InChI is InChI=1S/C29H58O5Si2/c1-28(2,3)35(8,9)33-25-20-26(34-36(10,11)29(4,5)6)24(19-18-22-21-32-22)23(25)16-14-12-13-15-17-27(30)31-7/h22-26H,12-21H2,1-11H3/t22?,23-,24-,25+,26-/m1/s1. The molecule has 0 spiro atoms. The van der Waals surface area contributed by atoms with E-state index >= 15 is 0 Å². The highest BCUT2D eigenvalue weighted by atomic mass is 28.4. The van der Waals surface area contributed by atoms with Crippen LogP contribution in [0, 0.1) is 11.8 Å². The molecule has 2 rings (SSSR count). The minimum absolute atomic E-state index is 0.0957. The Hall–Kier alpha value is -0.216. The topological polar surface area (TPSA) is 57.3 Å². The third kappa shape index (κ3) is 9.21. The normalized spacial score (nSPS) is 27.4. The Balaban J connectivity index is 2.17. The summed E-state index contributed by atoms with van der Waals surface area (Å²) in [5.74, 6) is 0.975. The first kappa shape index (κ1) is 32.0. The molecule has 1 aliphatic heterocycles. The average Bonchev–Trinajstić information content (AvgIpc) is 3.51. The van der Waals surface area contributed by atoms with Crippen molar-refractivity contribution >= 4 is 22.6 Å². The molecule has 0 aromatic heterocycles. The number of hydrogen-bond donors (Lipinski definition) is 0. The van der Waals surface area contributed by atoms with Crippen LogP contribution in [0.5, 0.6) is 0 Å². The lowest BCUT2D eigenvalue weighted by Crippen LogP contribution is -2.45. The lowest BCUT2D eigenvalue weighted by atomic mass is 9.85. The van der Waals surface area contributed by atoms with Gasteiger partial charge in [-0.15, -0.1) is 0 Å². The van der Waals surface area contributed by atoms with E-state index in [-0.39, 0.29) is 28.3 Å². The van der Waals surface area contributed by atoms with Gasteiger partial charge in [0.25, 0.3) is 0 Å². The minimum Gasteiger partial charge on any atom is -0.469 e. The van der Waals surface area contributed by atoms with E-state index in [4.69, 9.17) is 18.3 Å². The highest BCUT2D eigenvalue weighted by Gasteiger charge is 2.51. The third-order valence-electron chi connectivity index (χ3n) is 9.59. The molecule has 36 heavy (non-hydrogen) atoms. The van der Waals surface area contributed by atoms with E-state index in [0.717, 1.165) is 38.7 Å². The van der Waals surface area contributed by atoms with Gasteiger partial charge in [0.1, 0.15) is 0 Å². The maximum Gasteiger partial charge on any atom is 0.305 e. The van der Waals surface area contributed by atoms with Crippen LogP contribution in [0.1, 0.15) is 99.3 Å². The Kier molecular flexibility index (Phi) is 11.3. The van der Waals surface area contributed by atoms with E-state index < -0.39 is 16.6 Å². The molecule has 5 nitrogen and oxygen atoms in total. The van der Waals surface area contributed by atoms with Crippen molar-refractivity contribution in [3.63, 3.8) is 0 Å². The zero-order chi connectivity index (χ0) is 27.4. The van der Waals surface area contributed by atoms with E-state index in [1.54, 1.807) is 0 Å². The van der Waals surface area contributed by atoms with Gasteiger partial charge in [-0.2, -0.15) is 0 Å². The van der Waals surface area contributed by atoms with Crippen molar-refractivity contribution in [3.8, 4) is 0 Å². The minimum atomic E-state index is -1.90. The molecular weight excluding hydrogens is 484 g/mol. The predicted molar refractivity (Wildman–Crippen MR) is 154 cm³/mol. The second kappa shape index (κ2) is 12.8. The van der Waals surface area contributed by atoms with Crippen LogP contribution in [0.3, 0.4) is 0 Å². The summed E-state index contributed by atoms with van der Waals surface area (Å²) in [6, 6.07) is 0. The molecule has 0 radical (unpaired) electrons. The molecule has 2 fully saturated rings. The average molecular weight is 543 g/mol. The van der Waals surface area contributed by atoms with Crippen molar-refractivity contribution in [2.75, 3.05) is 13.7 Å². The number of ether oxygens (including phenoxy) is 2. The quantitative estimate of drug-likeness (QED) is 0.0960. The summed E-state index contributed by atoms with van der Waals surface area (Å²) in [5.41, 5.74) is 0. The van der Waals surface area contributed by atoms with Gasteiger partial charge in [0.05, 0.1) is 32.0 Å². The first-order chi connectivity index (χ1) is 16.5. The molecule has 0 aromatic rings. The largest absolute Gasteiger partial charge is 0.469 e. The van der Waals surface area contributed by atoms with Crippen LogP contribution in [0.4, 0.5) is 0 Å². The maximum atomic E-state index is 11.5. The maximum absolute atomic E-state index is 11.5. The first-order valence-electron chi connectivity index (χ1n) is 14.5. The second-order valence-corrected chi connectivity index (χ2v) is 24.0. The molecule has 2 aliphatic rings.